The van der Waals surface area contributed by atoms with E-state index in [2.05, 4.69) is 0 Å². The van der Waals surface area contributed by atoms with E-state index in [0.717, 1.165) is 71.9 Å². The van der Waals surface area contributed by atoms with Gasteiger partial charge in [0.15, 0.2) is 0 Å². The van der Waals surface area contributed by atoms with Crippen molar-refractivity contribution in [2.45, 2.75) is 116 Å². The third kappa shape index (κ3) is 16.5. The molecule has 10 nitrogen and oxygen atoms in total. The maximum atomic E-state index is 15.2. The van der Waals surface area contributed by atoms with E-state index < -0.39 is 7.82 Å². The Morgan fingerprint density at radius 2 is 0.604 bits per heavy atom. The van der Waals surface area contributed by atoms with Gasteiger partial charge in [-0.2, -0.15) is 4.57 Å². The van der Waals surface area contributed by atoms with Crippen LogP contribution < -0.4 is 13.6 Å². The first-order valence-electron chi connectivity index (χ1n) is 19.6. The summed E-state index contributed by atoms with van der Waals surface area (Å²) in [5, 5.41) is 56.4. The van der Waals surface area contributed by atoms with E-state index in [1.54, 1.807) is 18.2 Å². The summed E-state index contributed by atoms with van der Waals surface area (Å²) in [7, 11) is -4.45. The van der Waals surface area contributed by atoms with Crippen molar-refractivity contribution >= 4 is 7.82 Å². The van der Waals surface area contributed by atoms with Crippen LogP contribution in [0.25, 0.3) is 0 Å². The topological polar surface area (TPSA) is 166 Å². The summed E-state index contributed by atoms with van der Waals surface area (Å²) < 4.78 is 34.4. The molecule has 0 amide bonds. The number of aryl methyl sites for hydroxylation is 6. The van der Waals surface area contributed by atoms with Gasteiger partial charge >= 0.3 is 7.82 Å². The molecule has 0 saturated heterocycles. The molecule has 0 aliphatic heterocycles. The van der Waals surface area contributed by atoms with E-state index in [9.17, 15) is 30.6 Å². The van der Waals surface area contributed by atoms with Crippen LogP contribution in [0, 0.1) is 0 Å². The largest absolute Gasteiger partial charge is 0.647 e. The average Bonchev–Trinajstić information content (AvgIpc) is 3.15. The third-order valence-corrected chi connectivity index (χ3v) is 10.4. The third-order valence-electron chi connectivity index (χ3n) is 9.19. The summed E-state index contributed by atoms with van der Waals surface area (Å²) >= 11 is 0. The van der Waals surface area contributed by atoms with E-state index in [1.807, 2.05) is 36.4 Å². The fourth-order valence-electron chi connectivity index (χ4n) is 6.24. The maximum Gasteiger partial charge on any atom is 0.647 e. The number of rotatable bonds is 30. The molecule has 296 valence electrons. The van der Waals surface area contributed by atoms with Crippen molar-refractivity contribution in [3.8, 4) is 17.2 Å². The Morgan fingerprint density at radius 3 is 0.849 bits per heavy atom. The van der Waals surface area contributed by atoms with Gasteiger partial charge in [-0.3, -0.25) is 0 Å². The molecule has 0 aliphatic carbocycles. The number of phosphoric acid groups is 1. The molecule has 3 aromatic rings. The van der Waals surface area contributed by atoms with Crippen LogP contribution in [0.15, 0.2) is 54.6 Å². The molecule has 3 rings (SSSR count). The van der Waals surface area contributed by atoms with Crippen molar-refractivity contribution < 1.29 is 48.8 Å². The second-order valence-electron chi connectivity index (χ2n) is 13.6. The van der Waals surface area contributed by atoms with Crippen molar-refractivity contribution in [2.75, 3.05) is 39.6 Å². The monoisotopic (exact) mass is 758 g/mol. The highest BCUT2D eigenvalue weighted by Crippen LogP contribution is 2.52. The number of phosphoric ester groups is 1. The van der Waals surface area contributed by atoms with E-state index in [4.69, 9.17) is 13.6 Å². The molecule has 0 fully saturated rings. The van der Waals surface area contributed by atoms with E-state index in [-0.39, 0.29) is 39.6 Å². The van der Waals surface area contributed by atoms with Gasteiger partial charge in [-0.15, -0.1) is 0 Å². The summed E-state index contributed by atoms with van der Waals surface area (Å²) in [5.74, 6) is 1.09. The second kappa shape index (κ2) is 26.0. The minimum absolute atomic E-state index is 0.0567. The highest BCUT2D eigenvalue weighted by Gasteiger charge is 2.36. The number of aliphatic hydroxyl groups excluding tert-OH is 6. The zero-order valence-electron chi connectivity index (χ0n) is 31.4. The predicted octanol–water partition coefficient (Wildman–Crippen LogP) is 7.22. The molecule has 0 aliphatic rings. The summed E-state index contributed by atoms with van der Waals surface area (Å²) in [6, 6.07) is 17.2. The average molecular weight is 759 g/mol. The highest BCUT2D eigenvalue weighted by atomic mass is 31.2. The Kier molecular flexibility index (Phi) is 21.8. The van der Waals surface area contributed by atoms with Crippen molar-refractivity contribution in [3.05, 3.63) is 88.0 Å². The van der Waals surface area contributed by atoms with Crippen molar-refractivity contribution in [2.24, 2.45) is 0 Å². The van der Waals surface area contributed by atoms with Gasteiger partial charge in [-0.25, -0.2) is 0 Å². The van der Waals surface area contributed by atoms with Crippen molar-refractivity contribution in [1.29, 1.82) is 0 Å². The summed E-state index contributed by atoms with van der Waals surface area (Å²) in [6.45, 7) is 0.544. The molecule has 3 aromatic carbocycles. The lowest BCUT2D eigenvalue weighted by atomic mass is 10.0. The first kappa shape index (κ1) is 44.4. The minimum atomic E-state index is -4.45. The molecular weight excluding hydrogens is 695 g/mol. The van der Waals surface area contributed by atoms with Crippen LogP contribution >= 0.6 is 7.82 Å². The van der Waals surface area contributed by atoms with Crippen LogP contribution in [0.3, 0.4) is 0 Å². The van der Waals surface area contributed by atoms with E-state index >= 15 is 4.57 Å². The Bertz CT molecular complexity index is 1320. The Balaban J connectivity index is 2.09. The van der Waals surface area contributed by atoms with Crippen molar-refractivity contribution in [1.82, 2.24) is 0 Å². The quantitative estimate of drug-likeness (QED) is 0.0302. The lowest BCUT2D eigenvalue weighted by Gasteiger charge is -2.24. The molecule has 0 heterocycles. The van der Waals surface area contributed by atoms with Gasteiger partial charge in [-0.1, -0.05) is 36.4 Å². The predicted molar refractivity (Wildman–Crippen MR) is 209 cm³/mol. The molecule has 0 radical (unpaired) electrons. The molecule has 6 N–H and O–H groups in total. The summed E-state index contributed by atoms with van der Waals surface area (Å²) in [6.07, 6.45) is 12.4. The second-order valence-corrected chi connectivity index (χ2v) is 15.1. The Labute approximate surface area is 316 Å². The normalized spacial score (nSPS) is 11.6. The first-order chi connectivity index (χ1) is 25.9. The first-order valence-corrected chi connectivity index (χ1v) is 21.0. The molecular formula is C42H63O10P. The van der Waals surface area contributed by atoms with Gasteiger partial charge in [0.25, 0.3) is 0 Å². The van der Waals surface area contributed by atoms with Gasteiger partial charge in [-0.05, 0) is 167 Å². The molecule has 11 heteroatoms. The summed E-state index contributed by atoms with van der Waals surface area (Å²) in [4.78, 5) is 0. The number of aliphatic hydroxyl groups is 6. The van der Waals surface area contributed by atoms with Gasteiger partial charge in [0, 0.05) is 39.6 Å². The maximum absolute atomic E-state index is 15.2. The van der Waals surface area contributed by atoms with Gasteiger partial charge in [0.2, 0.25) is 0 Å². The number of unbranched alkanes of at least 4 members (excludes halogenated alkanes) is 6. The zero-order chi connectivity index (χ0) is 38.2. The molecule has 0 atom stereocenters. The number of hydrogen-bond donors (Lipinski definition) is 6. The zero-order valence-corrected chi connectivity index (χ0v) is 32.3. The molecule has 0 saturated carbocycles. The van der Waals surface area contributed by atoms with Crippen LogP contribution in [-0.2, 0) is 43.1 Å². The lowest BCUT2D eigenvalue weighted by molar-refractivity contribution is 0.281. The molecule has 0 spiro atoms. The highest BCUT2D eigenvalue weighted by molar-refractivity contribution is 7.49. The molecule has 0 bridgehead atoms. The van der Waals surface area contributed by atoms with Crippen LogP contribution in [0.4, 0.5) is 0 Å². The summed E-state index contributed by atoms with van der Waals surface area (Å²) in [5.41, 5.74) is 5.64. The van der Waals surface area contributed by atoms with Crippen molar-refractivity contribution in [3.63, 3.8) is 0 Å². The lowest BCUT2D eigenvalue weighted by Crippen LogP contribution is -2.11. The van der Waals surface area contributed by atoms with Gasteiger partial charge < -0.3 is 44.2 Å². The Morgan fingerprint density at radius 1 is 0.358 bits per heavy atom. The molecule has 53 heavy (non-hydrogen) atoms. The number of hydrogen-bond acceptors (Lipinski definition) is 10. The minimum Gasteiger partial charge on any atom is -0.396 e. The fourth-order valence-corrected chi connectivity index (χ4v) is 7.61. The fraction of sp³-hybridized carbons (Fsp3) is 0.571. The van der Waals surface area contributed by atoms with E-state index in [1.165, 1.54) is 0 Å². The van der Waals surface area contributed by atoms with Gasteiger partial charge in [0.1, 0.15) is 17.2 Å². The van der Waals surface area contributed by atoms with Crippen LogP contribution in [0.1, 0.15) is 110 Å². The van der Waals surface area contributed by atoms with Gasteiger partial charge in [0.05, 0.1) is 0 Å². The van der Waals surface area contributed by atoms with Crippen LogP contribution in [0.2, 0.25) is 0 Å². The molecule has 0 unspecified atom stereocenters. The SMILES string of the molecule is O=P(Oc1ccc(CCCCO)cc1CCCCO)(Oc1ccc(CCCCO)cc1CCCCO)Oc1ccc(CCCCO)cc1CCCCO. The number of benzene rings is 3. The Hall–Kier alpha value is -2.95. The standard InChI is InChI=1S/C42H63O10P/c43-25-7-1-13-34-19-22-40(37(31-34)16-4-10-28-46)50-53(49,51-41-23-20-35(14-2-8-26-44)32-38(41)17-5-11-29-47)52-42-24-21-36(15-3-9-27-45)33-39(42)18-6-12-30-48/h19-24,31-33,43-48H,1-18,25-30H2. The molecule has 0 aromatic heterocycles. The smallest absolute Gasteiger partial charge is 0.396 e. The van der Waals surface area contributed by atoms with Crippen LogP contribution in [-0.4, -0.2) is 70.3 Å². The van der Waals surface area contributed by atoms with E-state index in [0.29, 0.717) is 94.3 Å². The van der Waals surface area contributed by atoms with Crippen LogP contribution in [0.5, 0.6) is 17.2 Å².